The minimum absolute atomic E-state index is 0.107. The quantitative estimate of drug-likeness (QED) is 0.0961. The highest BCUT2D eigenvalue weighted by Gasteiger charge is 2.38. The van der Waals surface area contributed by atoms with Crippen molar-refractivity contribution in [3.8, 4) is 33.6 Å². The Hall–Kier alpha value is -6.96. The van der Waals surface area contributed by atoms with Crippen molar-refractivity contribution >= 4 is 34.8 Å². The van der Waals surface area contributed by atoms with Crippen LogP contribution in [0.5, 0.6) is 0 Å². The maximum Gasteiger partial charge on any atom is 0.407 e. The van der Waals surface area contributed by atoms with E-state index in [1.165, 1.54) is 14.2 Å². The van der Waals surface area contributed by atoms with Gasteiger partial charge in [-0.2, -0.15) is 0 Å². The standard InChI is InChI=1S/C48H52N8O6/c1-29(2)42(54-48(60)62-4)46(58)56-23-9-13-41(56)44-49-27-38(51-44)32-16-14-31(15-17-32)33-18-19-35-26-36(21-20-34(35)25-33)39-28-50-43(52-39)40-12-8-22-55(40)45(57)37(53-47(59)61-3)24-30-10-6-5-7-11-30/h5-7,10-11,14-21,25-29,37,40-42H,8-9,12-13,22-24H2,1-4H3,(H,49,51)(H,50,52)(H,53,59)(H,54,60)/t37?,40-,41-,42-/m0/s1. The van der Waals surface area contributed by atoms with E-state index in [-0.39, 0.29) is 29.8 Å². The molecule has 0 saturated carbocycles. The number of nitrogens with one attached hydrogen (secondary N) is 4. The number of aromatic amines is 2. The van der Waals surface area contributed by atoms with Gasteiger partial charge in [-0.15, -0.1) is 0 Å². The zero-order chi connectivity index (χ0) is 43.3. The number of alkyl carbamates (subject to hydrolysis) is 2. The highest BCUT2D eigenvalue weighted by Crippen LogP contribution is 2.35. The molecule has 6 aromatic rings. The van der Waals surface area contributed by atoms with E-state index >= 15 is 0 Å². The Morgan fingerprint density at radius 3 is 1.77 bits per heavy atom. The van der Waals surface area contributed by atoms with Crippen molar-refractivity contribution in [1.82, 2.24) is 40.4 Å². The number of carbonyl (C=O) groups excluding carboxylic acids is 4. The molecule has 320 valence electrons. The van der Waals surface area contributed by atoms with Crippen LogP contribution in [0.25, 0.3) is 44.4 Å². The van der Waals surface area contributed by atoms with E-state index < -0.39 is 24.3 Å². The Kier molecular flexibility index (Phi) is 12.4. The third-order valence-corrected chi connectivity index (χ3v) is 12.0. The highest BCUT2D eigenvalue weighted by molar-refractivity contribution is 5.91. The van der Waals surface area contributed by atoms with E-state index in [9.17, 15) is 19.2 Å². The lowest BCUT2D eigenvalue weighted by Crippen LogP contribution is -2.51. The van der Waals surface area contributed by atoms with Gasteiger partial charge in [0.15, 0.2) is 0 Å². The molecule has 2 aliphatic rings. The molecule has 14 heteroatoms. The molecule has 4 atom stereocenters. The maximum atomic E-state index is 13.9. The fraction of sp³-hybridized carbons (Fsp3) is 0.333. The lowest BCUT2D eigenvalue weighted by Gasteiger charge is -2.30. The van der Waals surface area contributed by atoms with Gasteiger partial charge in [0.25, 0.3) is 0 Å². The van der Waals surface area contributed by atoms with Gasteiger partial charge in [0.2, 0.25) is 11.8 Å². The number of hydrogen-bond donors (Lipinski definition) is 4. The molecule has 14 nitrogen and oxygen atoms in total. The van der Waals surface area contributed by atoms with Crippen LogP contribution in [0.4, 0.5) is 9.59 Å². The van der Waals surface area contributed by atoms with E-state index in [2.05, 4.69) is 81.3 Å². The molecular weight excluding hydrogens is 785 g/mol. The van der Waals surface area contributed by atoms with Gasteiger partial charge >= 0.3 is 12.2 Å². The van der Waals surface area contributed by atoms with Crippen molar-refractivity contribution in [3.63, 3.8) is 0 Å². The molecule has 0 bridgehead atoms. The van der Waals surface area contributed by atoms with Crippen molar-refractivity contribution in [3.05, 3.63) is 121 Å². The van der Waals surface area contributed by atoms with Crippen molar-refractivity contribution in [2.45, 2.75) is 70.1 Å². The normalized spacial score (nSPS) is 17.2. The average molecular weight is 837 g/mol. The lowest BCUT2D eigenvalue weighted by atomic mass is 9.98. The van der Waals surface area contributed by atoms with Crippen LogP contribution in [-0.2, 0) is 25.5 Å². The van der Waals surface area contributed by atoms with Crippen LogP contribution < -0.4 is 10.6 Å². The first kappa shape index (κ1) is 41.8. The molecule has 4 aromatic carbocycles. The van der Waals surface area contributed by atoms with Crippen molar-refractivity contribution in [2.24, 2.45) is 5.92 Å². The first-order valence-corrected chi connectivity index (χ1v) is 21.2. The Balaban J connectivity index is 0.936. The van der Waals surface area contributed by atoms with Crippen LogP contribution in [0.3, 0.4) is 0 Å². The van der Waals surface area contributed by atoms with Gasteiger partial charge in [-0.1, -0.05) is 92.7 Å². The zero-order valence-corrected chi connectivity index (χ0v) is 35.4. The molecule has 0 aliphatic carbocycles. The third-order valence-electron chi connectivity index (χ3n) is 12.0. The van der Waals surface area contributed by atoms with Crippen molar-refractivity contribution < 1.29 is 28.7 Å². The van der Waals surface area contributed by atoms with Crippen LogP contribution >= 0.6 is 0 Å². The summed E-state index contributed by atoms with van der Waals surface area (Å²) in [5, 5.41) is 7.63. The number of likely N-dealkylation sites (tertiary alicyclic amines) is 2. The Bertz CT molecular complexity index is 2550. The van der Waals surface area contributed by atoms with Crippen LogP contribution in [0.15, 0.2) is 103 Å². The van der Waals surface area contributed by atoms with Crippen molar-refractivity contribution in [1.29, 1.82) is 0 Å². The molecule has 62 heavy (non-hydrogen) atoms. The molecular formula is C48H52N8O6. The van der Waals surface area contributed by atoms with Gasteiger partial charge < -0.3 is 39.9 Å². The first-order valence-electron chi connectivity index (χ1n) is 21.2. The van der Waals surface area contributed by atoms with E-state index in [0.717, 1.165) is 81.5 Å². The van der Waals surface area contributed by atoms with Crippen LogP contribution in [0.2, 0.25) is 0 Å². The molecule has 0 spiro atoms. The van der Waals surface area contributed by atoms with Gasteiger partial charge in [-0.25, -0.2) is 19.6 Å². The largest absolute Gasteiger partial charge is 0.453 e. The first-order chi connectivity index (χ1) is 30.1. The summed E-state index contributed by atoms with van der Waals surface area (Å²) < 4.78 is 9.62. The predicted molar refractivity (Wildman–Crippen MR) is 236 cm³/mol. The van der Waals surface area contributed by atoms with E-state index in [1.807, 2.05) is 66.4 Å². The molecule has 1 unspecified atom stereocenters. The number of fused-ring (bicyclic) bond motifs is 1. The fourth-order valence-corrected chi connectivity index (χ4v) is 8.70. The van der Waals surface area contributed by atoms with Gasteiger partial charge in [0, 0.05) is 25.1 Å². The van der Waals surface area contributed by atoms with Crippen molar-refractivity contribution in [2.75, 3.05) is 27.3 Å². The number of ether oxygens (including phenoxy) is 2. The maximum absolute atomic E-state index is 13.9. The summed E-state index contributed by atoms with van der Waals surface area (Å²) in [4.78, 5) is 71.8. The predicted octanol–water partition coefficient (Wildman–Crippen LogP) is 7.96. The topological polar surface area (TPSA) is 175 Å². The zero-order valence-electron chi connectivity index (χ0n) is 35.4. The summed E-state index contributed by atoms with van der Waals surface area (Å²) in [5.41, 5.74) is 6.80. The van der Waals surface area contributed by atoms with Gasteiger partial charge in [0.05, 0.1) is 50.1 Å². The SMILES string of the molecule is COC(=O)NC(Cc1ccccc1)C(=O)N1CCC[C@H]1c1ncc(-c2ccc3cc(-c4ccc(-c5cnc([C@@H]6CCCN6C(=O)[C@@H](NC(=O)OC)C(C)C)[nH]5)cc4)ccc3c2)[nH]1. The number of carbonyl (C=O) groups is 4. The second-order valence-corrected chi connectivity index (χ2v) is 16.3. The molecule has 2 saturated heterocycles. The smallest absolute Gasteiger partial charge is 0.407 e. The summed E-state index contributed by atoms with van der Waals surface area (Å²) in [6.45, 7) is 4.97. The summed E-state index contributed by atoms with van der Waals surface area (Å²) in [6.07, 6.45) is 5.93. The minimum Gasteiger partial charge on any atom is -0.453 e. The number of methoxy groups -OCH3 is 2. The summed E-state index contributed by atoms with van der Waals surface area (Å²) in [6, 6.07) is 28.8. The van der Waals surface area contributed by atoms with E-state index in [0.29, 0.717) is 25.3 Å². The molecule has 4 N–H and O–H groups in total. The number of benzene rings is 4. The van der Waals surface area contributed by atoms with Gasteiger partial charge in [-0.05, 0) is 76.8 Å². The third kappa shape index (κ3) is 8.90. The Morgan fingerprint density at radius 2 is 1.18 bits per heavy atom. The molecule has 8 rings (SSSR count). The summed E-state index contributed by atoms with van der Waals surface area (Å²) in [5.74, 6) is 1.03. The van der Waals surface area contributed by atoms with E-state index in [1.54, 1.807) is 0 Å². The molecule has 2 fully saturated rings. The average Bonchev–Trinajstić information content (AvgIpc) is 4.15. The highest BCUT2D eigenvalue weighted by atomic mass is 16.5. The number of H-pyrrole nitrogens is 2. The molecule has 4 amide bonds. The molecule has 0 radical (unpaired) electrons. The monoisotopic (exact) mass is 836 g/mol. The number of aromatic nitrogens is 4. The number of rotatable bonds is 12. The van der Waals surface area contributed by atoms with Crippen LogP contribution in [0.1, 0.15) is 68.8 Å². The van der Waals surface area contributed by atoms with Gasteiger partial charge in [0.1, 0.15) is 23.7 Å². The molecule has 2 aliphatic heterocycles. The Morgan fingerprint density at radius 1 is 0.661 bits per heavy atom. The summed E-state index contributed by atoms with van der Waals surface area (Å²) in [7, 11) is 2.59. The number of amides is 4. The Labute approximate surface area is 360 Å². The summed E-state index contributed by atoms with van der Waals surface area (Å²) >= 11 is 0. The molecule has 2 aromatic heterocycles. The van der Waals surface area contributed by atoms with E-state index in [4.69, 9.17) is 19.4 Å². The van der Waals surface area contributed by atoms with Crippen LogP contribution in [0, 0.1) is 5.92 Å². The molecule has 4 heterocycles. The second kappa shape index (κ2) is 18.3. The number of nitrogens with zero attached hydrogens (tertiary/aromatic N) is 4. The van der Waals surface area contributed by atoms with Crippen LogP contribution in [-0.4, -0.2) is 93.1 Å². The fourth-order valence-electron chi connectivity index (χ4n) is 8.70. The lowest BCUT2D eigenvalue weighted by molar-refractivity contribution is -0.135. The second-order valence-electron chi connectivity index (χ2n) is 16.3. The number of imidazole rings is 2. The van der Waals surface area contributed by atoms with Gasteiger partial charge in [-0.3, -0.25) is 9.59 Å². The number of hydrogen-bond acceptors (Lipinski definition) is 8. The minimum atomic E-state index is -0.774.